The normalized spacial score (nSPS) is 14.7. The molecular weight excluding hydrogens is 534 g/mol. The summed E-state index contributed by atoms with van der Waals surface area (Å²) in [6.07, 6.45) is 1.58. The molecule has 4 rings (SSSR count). The summed E-state index contributed by atoms with van der Waals surface area (Å²) < 4.78 is 19.6. The first-order valence-corrected chi connectivity index (χ1v) is 11.3. The Morgan fingerprint density at radius 3 is 2.48 bits per heavy atom. The maximum absolute atomic E-state index is 13.1. The molecule has 0 bridgehead atoms. The fraction of sp³-hybridized carbons (Fsp3) is 0.0833. The number of hydrogen-bond acceptors (Lipinski definition) is 3. The minimum Gasteiger partial charge on any atom is -0.488 e. The van der Waals surface area contributed by atoms with Crippen molar-refractivity contribution in [3.8, 4) is 5.75 Å². The molecule has 1 aliphatic heterocycles. The summed E-state index contributed by atoms with van der Waals surface area (Å²) >= 11 is 15.6. The van der Waals surface area contributed by atoms with E-state index in [0.717, 1.165) is 10.5 Å². The highest BCUT2D eigenvalue weighted by Crippen LogP contribution is 2.29. The van der Waals surface area contributed by atoms with Crippen LogP contribution in [-0.2, 0) is 17.9 Å². The Hall–Kier alpha value is -2.87. The van der Waals surface area contributed by atoms with Gasteiger partial charge in [0.25, 0.3) is 5.91 Å². The van der Waals surface area contributed by atoms with Crippen LogP contribution in [-0.4, -0.2) is 16.8 Å². The van der Waals surface area contributed by atoms with Gasteiger partial charge in [-0.05, 0) is 69.5 Å². The predicted octanol–water partition coefficient (Wildman–Crippen LogP) is 6.57. The molecule has 3 amide bonds. The predicted molar refractivity (Wildman–Crippen MR) is 128 cm³/mol. The van der Waals surface area contributed by atoms with Crippen molar-refractivity contribution in [1.29, 1.82) is 0 Å². The molecule has 0 spiro atoms. The first kappa shape index (κ1) is 23.3. The number of carbonyl (C=O) groups is 2. The lowest BCUT2D eigenvalue weighted by molar-refractivity contribution is -0.123. The zero-order valence-electron chi connectivity index (χ0n) is 16.9. The molecule has 3 aromatic rings. The van der Waals surface area contributed by atoms with Crippen LogP contribution in [0, 0.1) is 5.82 Å². The van der Waals surface area contributed by atoms with E-state index in [1.807, 2.05) is 0 Å². The summed E-state index contributed by atoms with van der Waals surface area (Å²) in [6, 6.07) is 15.6. The molecule has 0 aromatic heterocycles. The molecule has 1 saturated heterocycles. The Labute approximate surface area is 207 Å². The molecule has 0 unspecified atom stereocenters. The van der Waals surface area contributed by atoms with Gasteiger partial charge in [-0.15, -0.1) is 0 Å². The van der Waals surface area contributed by atoms with Crippen LogP contribution in [0.2, 0.25) is 10.0 Å². The standard InChI is InChI=1S/C24H16BrCl2FN2O3/c25-19-9-15(3-8-22(19)33-13-16-4-5-17(26)11-20(16)27)10-21-23(31)30(24(32)29-21)12-14-1-6-18(28)7-2-14/h1-11H,12-13H2,(H,29,32)/b21-10+. The summed E-state index contributed by atoms with van der Waals surface area (Å²) in [4.78, 5) is 26.0. The number of urea groups is 1. The van der Waals surface area contributed by atoms with Gasteiger partial charge in [-0.25, -0.2) is 9.18 Å². The summed E-state index contributed by atoms with van der Waals surface area (Å²) in [6.45, 7) is 0.300. The van der Waals surface area contributed by atoms with Crippen molar-refractivity contribution in [2.45, 2.75) is 13.2 Å². The van der Waals surface area contributed by atoms with Crippen molar-refractivity contribution in [2.24, 2.45) is 0 Å². The zero-order valence-corrected chi connectivity index (χ0v) is 20.0. The second kappa shape index (κ2) is 9.95. The van der Waals surface area contributed by atoms with Crippen LogP contribution in [0.15, 0.2) is 70.8 Å². The van der Waals surface area contributed by atoms with Crippen LogP contribution in [0.1, 0.15) is 16.7 Å². The number of amides is 3. The van der Waals surface area contributed by atoms with Gasteiger partial charge in [0.15, 0.2) is 0 Å². The van der Waals surface area contributed by atoms with Crippen molar-refractivity contribution >= 4 is 57.1 Å². The Kier molecular flexibility index (Phi) is 7.02. The SMILES string of the molecule is O=C1N/C(=C/c2ccc(OCc3ccc(Cl)cc3Cl)c(Br)c2)C(=O)N1Cc1ccc(F)cc1. The van der Waals surface area contributed by atoms with E-state index in [1.165, 1.54) is 24.3 Å². The highest BCUT2D eigenvalue weighted by molar-refractivity contribution is 9.10. The first-order valence-electron chi connectivity index (χ1n) is 9.75. The number of hydrogen-bond donors (Lipinski definition) is 1. The molecule has 5 nitrogen and oxygen atoms in total. The molecule has 1 heterocycles. The van der Waals surface area contributed by atoms with Gasteiger partial charge in [0.1, 0.15) is 23.9 Å². The Morgan fingerprint density at radius 1 is 1.03 bits per heavy atom. The van der Waals surface area contributed by atoms with E-state index in [-0.39, 0.29) is 24.7 Å². The van der Waals surface area contributed by atoms with Crippen molar-refractivity contribution in [2.75, 3.05) is 0 Å². The van der Waals surface area contributed by atoms with Gasteiger partial charge in [0, 0.05) is 15.6 Å². The molecule has 0 saturated carbocycles. The summed E-state index contributed by atoms with van der Waals surface area (Å²) in [7, 11) is 0. The molecule has 0 aliphatic carbocycles. The van der Waals surface area contributed by atoms with E-state index in [2.05, 4.69) is 21.2 Å². The number of nitrogens with zero attached hydrogens (tertiary/aromatic N) is 1. The number of rotatable bonds is 6. The topological polar surface area (TPSA) is 58.6 Å². The smallest absolute Gasteiger partial charge is 0.329 e. The largest absolute Gasteiger partial charge is 0.488 e. The number of carbonyl (C=O) groups excluding carboxylic acids is 2. The Balaban J connectivity index is 1.45. The highest BCUT2D eigenvalue weighted by atomic mass is 79.9. The quantitative estimate of drug-likeness (QED) is 0.279. The van der Waals surface area contributed by atoms with Gasteiger partial charge < -0.3 is 10.1 Å². The number of benzene rings is 3. The van der Waals surface area contributed by atoms with Gasteiger partial charge in [-0.3, -0.25) is 9.69 Å². The molecule has 33 heavy (non-hydrogen) atoms. The van der Waals surface area contributed by atoms with Crippen LogP contribution >= 0.6 is 39.1 Å². The molecule has 0 atom stereocenters. The van der Waals surface area contributed by atoms with E-state index in [0.29, 0.717) is 31.4 Å². The van der Waals surface area contributed by atoms with Gasteiger partial charge in [0.05, 0.1) is 11.0 Å². The van der Waals surface area contributed by atoms with Crippen LogP contribution in [0.25, 0.3) is 6.08 Å². The molecule has 3 aromatic carbocycles. The lowest BCUT2D eigenvalue weighted by Crippen LogP contribution is -2.30. The zero-order chi connectivity index (χ0) is 23.5. The third kappa shape index (κ3) is 5.55. The van der Waals surface area contributed by atoms with E-state index in [1.54, 1.807) is 42.5 Å². The molecule has 9 heteroatoms. The average Bonchev–Trinajstić information content (AvgIpc) is 3.03. The third-order valence-corrected chi connectivity index (χ3v) is 6.09. The summed E-state index contributed by atoms with van der Waals surface area (Å²) in [5, 5.41) is 3.64. The Bertz CT molecular complexity index is 1270. The number of imide groups is 1. The summed E-state index contributed by atoms with van der Waals surface area (Å²) in [5.41, 5.74) is 2.27. The van der Waals surface area contributed by atoms with Gasteiger partial charge in [0.2, 0.25) is 0 Å². The second-order valence-corrected chi connectivity index (χ2v) is 8.92. The van der Waals surface area contributed by atoms with Crippen molar-refractivity contribution in [1.82, 2.24) is 10.2 Å². The number of halogens is 4. The van der Waals surface area contributed by atoms with Crippen molar-refractivity contribution in [3.63, 3.8) is 0 Å². The van der Waals surface area contributed by atoms with Crippen LogP contribution in [0.3, 0.4) is 0 Å². The highest BCUT2D eigenvalue weighted by Gasteiger charge is 2.33. The van der Waals surface area contributed by atoms with Gasteiger partial charge in [-0.2, -0.15) is 0 Å². The van der Waals surface area contributed by atoms with Crippen molar-refractivity contribution < 1.29 is 18.7 Å². The molecule has 1 aliphatic rings. The van der Waals surface area contributed by atoms with Gasteiger partial charge in [-0.1, -0.05) is 47.5 Å². The molecule has 1 N–H and O–H groups in total. The average molecular weight is 550 g/mol. The van der Waals surface area contributed by atoms with E-state index < -0.39 is 11.9 Å². The monoisotopic (exact) mass is 548 g/mol. The van der Waals surface area contributed by atoms with Crippen molar-refractivity contribution in [3.05, 3.63) is 103 Å². The van der Waals surface area contributed by atoms with E-state index in [9.17, 15) is 14.0 Å². The lowest BCUT2D eigenvalue weighted by atomic mass is 10.1. The molecule has 1 fully saturated rings. The second-order valence-electron chi connectivity index (χ2n) is 7.22. The number of nitrogens with one attached hydrogen (secondary N) is 1. The Morgan fingerprint density at radius 2 is 1.79 bits per heavy atom. The van der Waals surface area contributed by atoms with E-state index >= 15 is 0 Å². The molecule has 0 radical (unpaired) electrons. The minimum absolute atomic E-state index is 0.0476. The minimum atomic E-state index is -0.533. The van der Waals surface area contributed by atoms with E-state index in [4.69, 9.17) is 27.9 Å². The first-order chi connectivity index (χ1) is 15.8. The van der Waals surface area contributed by atoms with Gasteiger partial charge >= 0.3 is 6.03 Å². The fourth-order valence-corrected chi connectivity index (χ4v) is 4.15. The van der Waals surface area contributed by atoms with Crippen LogP contribution in [0.5, 0.6) is 5.75 Å². The maximum Gasteiger partial charge on any atom is 0.329 e. The van der Waals surface area contributed by atoms with Crippen LogP contribution < -0.4 is 10.1 Å². The molecule has 168 valence electrons. The number of ether oxygens (including phenoxy) is 1. The molecular formula is C24H16BrCl2FN2O3. The lowest BCUT2D eigenvalue weighted by Gasteiger charge is -2.11. The third-order valence-electron chi connectivity index (χ3n) is 4.88. The fourth-order valence-electron chi connectivity index (χ4n) is 3.17. The maximum atomic E-state index is 13.1. The van der Waals surface area contributed by atoms with Crippen LogP contribution in [0.4, 0.5) is 9.18 Å². The summed E-state index contributed by atoms with van der Waals surface area (Å²) in [5.74, 6) is -0.258.